The molecule has 0 aliphatic heterocycles. The van der Waals surface area contributed by atoms with Gasteiger partial charge in [-0.2, -0.15) is 5.10 Å². The number of ether oxygens (including phenoxy) is 1. The van der Waals surface area contributed by atoms with E-state index < -0.39 is 0 Å². The first-order valence-corrected chi connectivity index (χ1v) is 13.9. The zero-order valence-corrected chi connectivity index (χ0v) is 23.1. The van der Waals surface area contributed by atoms with Crippen LogP contribution in [0.3, 0.4) is 0 Å². The number of unbranched alkanes of at least 4 members (excludes halogenated alkanes) is 2. The fourth-order valence-corrected chi connectivity index (χ4v) is 5.08. The molecule has 4 heterocycles. The summed E-state index contributed by atoms with van der Waals surface area (Å²) in [7, 11) is 1.66. The number of nitrogens with zero attached hydrogens (tertiary/aromatic N) is 5. The number of rotatable bonds is 13. The summed E-state index contributed by atoms with van der Waals surface area (Å²) in [6.07, 6.45) is 11.5. The van der Waals surface area contributed by atoms with Crippen molar-refractivity contribution in [1.29, 1.82) is 0 Å². The first kappa shape index (κ1) is 26.8. The summed E-state index contributed by atoms with van der Waals surface area (Å²) in [6, 6.07) is 10.5. The van der Waals surface area contributed by atoms with Gasteiger partial charge in [0.1, 0.15) is 11.4 Å². The van der Waals surface area contributed by atoms with Crippen molar-refractivity contribution >= 4 is 22.1 Å². The van der Waals surface area contributed by atoms with Crippen molar-refractivity contribution in [3.8, 4) is 28.4 Å². The molecule has 0 amide bonds. The third-order valence-electron chi connectivity index (χ3n) is 7.33. The first-order chi connectivity index (χ1) is 19.1. The Hall–Kier alpha value is -3.82. The van der Waals surface area contributed by atoms with Crippen molar-refractivity contribution in [2.45, 2.75) is 58.5 Å². The van der Waals surface area contributed by atoms with E-state index in [2.05, 4.69) is 56.0 Å². The molecule has 204 valence electrons. The molecule has 9 heteroatoms. The second-order valence-corrected chi connectivity index (χ2v) is 10.1. The summed E-state index contributed by atoms with van der Waals surface area (Å²) >= 11 is 0. The third-order valence-corrected chi connectivity index (χ3v) is 7.33. The molecule has 0 spiro atoms. The maximum Gasteiger partial charge on any atom is 0.181 e. The van der Waals surface area contributed by atoms with Gasteiger partial charge in [-0.3, -0.25) is 15.0 Å². The number of nitrogens with two attached hydrogens (primary N) is 1. The number of H-pyrrole nitrogens is 2. The summed E-state index contributed by atoms with van der Waals surface area (Å²) in [6.45, 7) is 7.02. The minimum Gasteiger partial charge on any atom is -0.497 e. The number of aromatic amines is 2. The summed E-state index contributed by atoms with van der Waals surface area (Å²) < 4.78 is 5.35. The van der Waals surface area contributed by atoms with Crippen molar-refractivity contribution in [1.82, 2.24) is 35.0 Å². The van der Waals surface area contributed by atoms with Crippen LogP contribution >= 0.6 is 0 Å². The number of nitrogens with one attached hydrogen (secondary N) is 2. The molecule has 0 aliphatic carbocycles. The lowest BCUT2D eigenvalue weighted by Crippen LogP contribution is -2.40. The Morgan fingerprint density at radius 3 is 2.67 bits per heavy atom. The Balaban J connectivity index is 1.44. The van der Waals surface area contributed by atoms with Crippen LogP contribution < -0.4 is 10.5 Å². The molecule has 4 N–H and O–H groups in total. The van der Waals surface area contributed by atoms with E-state index in [1.807, 2.05) is 36.8 Å². The van der Waals surface area contributed by atoms with Crippen LogP contribution in [-0.4, -0.2) is 61.3 Å². The number of hydrogen-bond acceptors (Lipinski definition) is 7. The predicted molar refractivity (Wildman–Crippen MR) is 156 cm³/mol. The topological polar surface area (TPSA) is 122 Å². The minimum atomic E-state index is 0.385. The smallest absolute Gasteiger partial charge is 0.181 e. The van der Waals surface area contributed by atoms with Crippen LogP contribution in [0, 0.1) is 0 Å². The lowest BCUT2D eigenvalue weighted by atomic mass is 10.0. The van der Waals surface area contributed by atoms with Crippen LogP contribution in [0.15, 0.2) is 48.9 Å². The predicted octanol–water partition coefficient (Wildman–Crippen LogP) is 5.69. The van der Waals surface area contributed by atoms with Crippen molar-refractivity contribution < 1.29 is 4.74 Å². The van der Waals surface area contributed by atoms with Crippen molar-refractivity contribution in [2.75, 3.05) is 20.2 Å². The van der Waals surface area contributed by atoms with Gasteiger partial charge in [0.25, 0.3) is 0 Å². The van der Waals surface area contributed by atoms with Gasteiger partial charge in [-0.15, -0.1) is 0 Å². The van der Waals surface area contributed by atoms with Crippen LogP contribution in [-0.2, 0) is 6.54 Å². The summed E-state index contributed by atoms with van der Waals surface area (Å²) in [5.74, 6) is 1.48. The fourth-order valence-electron chi connectivity index (χ4n) is 5.08. The standard InChI is InChI=1S/C30H38N8O/c1-4-6-8-23(15-31)38(11-7-5-2)19-20-12-21(17-32-16-20)22-13-25-28(36-37-29(25)33-18-22)30-34-26-10-9-24(39-3)14-27(26)35-30/h9-10,12-14,16-18,23H,4-8,11,15,19,31H2,1-3H3,(H,34,35)(H,33,36,37). The van der Waals surface area contributed by atoms with Gasteiger partial charge in [0.05, 0.1) is 23.5 Å². The highest BCUT2D eigenvalue weighted by atomic mass is 16.5. The lowest BCUT2D eigenvalue weighted by molar-refractivity contribution is 0.176. The Morgan fingerprint density at radius 2 is 1.87 bits per heavy atom. The molecule has 4 aromatic heterocycles. The van der Waals surface area contributed by atoms with Gasteiger partial charge in [-0.05, 0) is 49.2 Å². The van der Waals surface area contributed by atoms with Gasteiger partial charge in [0, 0.05) is 54.9 Å². The van der Waals surface area contributed by atoms with Gasteiger partial charge in [0.2, 0.25) is 0 Å². The maximum absolute atomic E-state index is 6.22. The van der Waals surface area contributed by atoms with Crippen LogP contribution in [0.25, 0.3) is 44.7 Å². The Morgan fingerprint density at radius 1 is 1.03 bits per heavy atom. The largest absolute Gasteiger partial charge is 0.497 e. The molecule has 39 heavy (non-hydrogen) atoms. The van der Waals surface area contributed by atoms with Gasteiger partial charge in [0.15, 0.2) is 11.5 Å². The van der Waals surface area contributed by atoms with E-state index in [4.69, 9.17) is 15.5 Å². The molecule has 0 aliphatic rings. The summed E-state index contributed by atoms with van der Waals surface area (Å²) in [5, 5.41) is 8.44. The highest BCUT2D eigenvalue weighted by Crippen LogP contribution is 2.30. The lowest BCUT2D eigenvalue weighted by Gasteiger charge is -2.31. The molecule has 9 nitrogen and oxygen atoms in total. The highest BCUT2D eigenvalue weighted by molar-refractivity contribution is 5.93. The van der Waals surface area contributed by atoms with Gasteiger partial charge >= 0.3 is 0 Å². The quantitative estimate of drug-likeness (QED) is 0.180. The number of aromatic nitrogens is 6. The molecule has 1 atom stereocenters. The molecule has 1 unspecified atom stereocenters. The van der Waals surface area contributed by atoms with E-state index in [9.17, 15) is 0 Å². The van der Waals surface area contributed by atoms with Crippen molar-refractivity contribution in [2.24, 2.45) is 5.73 Å². The summed E-state index contributed by atoms with van der Waals surface area (Å²) in [5.41, 5.74) is 12.6. The molecular formula is C30H38N8O. The molecule has 0 saturated heterocycles. The first-order valence-electron chi connectivity index (χ1n) is 13.9. The molecule has 5 aromatic rings. The van der Waals surface area contributed by atoms with Crippen LogP contribution in [0.2, 0.25) is 0 Å². The Labute approximate surface area is 229 Å². The third kappa shape index (κ3) is 5.94. The maximum atomic E-state index is 6.22. The fraction of sp³-hybridized carbons (Fsp3) is 0.400. The van der Waals surface area contributed by atoms with Crippen molar-refractivity contribution in [3.05, 3.63) is 54.5 Å². The normalized spacial score (nSPS) is 12.5. The van der Waals surface area contributed by atoms with Gasteiger partial charge in [-0.1, -0.05) is 33.1 Å². The van der Waals surface area contributed by atoms with E-state index in [-0.39, 0.29) is 0 Å². The highest BCUT2D eigenvalue weighted by Gasteiger charge is 2.18. The SMILES string of the molecule is CCCCC(CN)N(CCCC)Cc1cncc(-c2cnc3n[nH]c(-c4nc5ccc(OC)cc5[nH]4)c3c2)c1. The second kappa shape index (κ2) is 12.4. The van der Waals surface area contributed by atoms with E-state index in [1.54, 1.807) is 7.11 Å². The number of fused-ring (bicyclic) bond motifs is 2. The monoisotopic (exact) mass is 526 g/mol. The van der Waals surface area contributed by atoms with Gasteiger partial charge < -0.3 is 15.5 Å². The Bertz CT molecular complexity index is 1520. The van der Waals surface area contributed by atoms with E-state index in [1.165, 1.54) is 18.4 Å². The average molecular weight is 527 g/mol. The summed E-state index contributed by atoms with van der Waals surface area (Å²) in [4.78, 5) is 19.9. The zero-order chi connectivity index (χ0) is 27.2. The molecule has 1 aromatic carbocycles. The molecule has 0 saturated carbocycles. The molecule has 0 radical (unpaired) electrons. The van der Waals surface area contributed by atoms with E-state index >= 15 is 0 Å². The average Bonchev–Trinajstić information content (AvgIpc) is 3.59. The van der Waals surface area contributed by atoms with E-state index in [0.717, 1.165) is 71.3 Å². The number of pyridine rings is 2. The van der Waals surface area contributed by atoms with Crippen LogP contribution in [0.4, 0.5) is 0 Å². The minimum absolute atomic E-state index is 0.385. The number of imidazole rings is 1. The second-order valence-electron chi connectivity index (χ2n) is 10.1. The van der Waals surface area contributed by atoms with Crippen LogP contribution in [0.5, 0.6) is 5.75 Å². The molecule has 5 rings (SSSR count). The number of hydrogen-bond donors (Lipinski definition) is 3. The molecule has 0 bridgehead atoms. The molecule has 0 fully saturated rings. The van der Waals surface area contributed by atoms with Crippen molar-refractivity contribution in [3.63, 3.8) is 0 Å². The number of benzene rings is 1. The molecular weight excluding hydrogens is 488 g/mol. The number of methoxy groups -OCH3 is 1. The van der Waals surface area contributed by atoms with Crippen LogP contribution in [0.1, 0.15) is 51.5 Å². The zero-order valence-electron chi connectivity index (χ0n) is 23.1. The Kier molecular flexibility index (Phi) is 8.48. The van der Waals surface area contributed by atoms with Gasteiger partial charge in [-0.25, -0.2) is 9.97 Å². The van der Waals surface area contributed by atoms with E-state index in [0.29, 0.717) is 24.1 Å².